The lowest BCUT2D eigenvalue weighted by Gasteiger charge is -2.29. The second-order valence-corrected chi connectivity index (χ2v) is 8.63. The van der Waals surface area contributed by atoms with Gasteiger partial charge in [0.2, 0.25) is 0 Å². The molecule has 1 aromatic heterocycles. The highest BCUT2D eigenvalue weighted by atomic mass is 16.3. The Balaban J connectivity index is 1.45. The number of para-hydroxylation sites is 1. The van der Waals surface area contributed by atoms with Gasteiger partial charge in [0.1, 0.15) is 5.54 Å². The summed E-state index contributed by atoms with van der Waals surface area (Å²) in [5.74, 6) is -0.462. The first kappa shape index (κ1) is 21.9. The topological polar surface area (TPSA) is 91.3 Å². The average Bonchev–Trinajstić information content (AvgIpc) is 3.28. The molecule has 1 amide bonds. The number of aliphatic hydroxyl groups excluding tert-OH is 1. The third-order valence-corrected chi connectivity index (χ3v) is 6.38. The molecule has 1 aliphatic heterocycles. The smallest absolute Gasteiger partial charge is 0.253 e. The van der Waals surface area contributed by atoms with Crippen LogP contribution in [0.4, 0.5) is 0 Å². The number of carbonyl (C=O) groups is 2. The summed E-state index contributed by atoms with van der Waals surface area (Å²) in [6.07, 6.45) is 1.19. The molecule has 3 aromatic carbocycles. The number of rotatable bonds is 6. The van der Waals surface area contributed by atoms with Crippen LogP contribution in [0.2, 0.25) is 0 Å². The van der Waals surface area contributed by atoms with Gasteiger partial charge in [0, 0.05) is 36.7 Å². The van der Waals surface area contributed by atoms with Crippen LogP contribution in [0, 0.1) is 0 Å². The van der Waals surface area contributed by atoms with Crippen molar-refractivity contribution in [3.8, 4) is 11.1 Å². The van der Waals surface area contributed by atoms with Crippen molar-refractivity contribution in [2.45, 2.75) is 18.1 Å². The third kappa shape index (κ3) is 4.09. The van der Waals surface area contributed by atoms with E-state index < -0.39 is 11.6 Å². The average molecular weight is 452 g/mol. The summed E-state index contributed by atoms with van der Waals surface area (Å²) in [6.45, 7) is 0.332. The highest BCUT2D eigenvalue weighted by molar-refractivity contribution is 6.09. The van der Waals surface area contributed by atoms with Crippen LogP contribution in [-0.2, 0) is 0 Å². The zero-order valence-electron chi connectivity index (χ0n) is 18.6. The number of nitrogens with zero attached hydrogens (tertiary/aromatic N) is 1. The Morgan fingerprint density at radius 1 is 0.941 bits per heavy atom. The molecule has 1 fully saturated rings. The van der Waals surface area contributed by atoms with Crippen LogP contribution in [0.25, 0.3) is 22.0 Å². The first-order valence-corrected chi connectivity index (χ1v) is 11.3. The number of benzene rings is 3. The van der Waals surface area contributed by atoms with Crippen LogP contribution in [0.3, 0.4) is 0 Å². The number of ketones is 1. The Bertz CT molecular complexity index is 1350. The van der Waals surface area contributed by atoms with Crippen molar-refractivity contribution in [1.82, 2.24) is 15.6 Å². The summed E-state index contributed by atoms with van der Waals surface area (Å²) >= 11 is 0. The number of amides is 1. The van der Waals surface area contributed by atoms with Crippen LogP contribution in [0.5, 0.6) is 0 Å². The van der Waals surface area contributed by atoms with Gasteiger partial charge in [0.25, 0.3) is 5.91 Å². The van der Waals surface area contributed by atoms with Crippen LogP contribution < -0.4 is 10.6 Å². The predicted molar refractivity (Wildman–Crippen MR) is 132 cm³/mol. The van der Waals surface area contributed by atoms with E-state index in [1.54, 1.807) is 18.3 Å². The number of fused-ring (bicyclic) bond motifs is 1. The van der Waals surface area contributed by atoms with E-state index in [-0.39, 0.29) is 31.2 Å². The molecular weight excluding hydrogens is 426 g/mol. The molecule has 2 atom stereocenters. The maximum atomic E-state index is 13.9. The van der Waals surface area contributed by atoms with Gasteiger partial charge >= 0.3 is 0 Å². The highest BCUT2D eigenvalue weighted by Gasteiger charge is 2.45. The third-order valence-electron chi connectivity index (χ3n) is 6.38. The number of hydrogen-bond acceptors (Lipinski definition) is 5. The monoisotopic (exact) mass is 451 g/mol. The van der Waals surface area contributed by atoms with E-state index in [1.165, 1.54) is 0 Å². The Kier molecular flexibility index (Phi) is 5.92. The molecule has 6 nitrogen and oxygen atoms in total. The Hall–Kier alpha value is -3.87. The van der Waals surface area contributed by atoms with Gasteiger partial charge in [-0.25, -0.2) is 0 Å². The van der Waals surface area contributed by atoms with Gasteiger partial charge in [-0.1, -0.05) is 72.8 Å². The number of β-amino-alcohol motifs (C(OH)–C–C–N with tert-alkyl or cyclic N) is 1. The SMILES string of the molecule is O=C(NC[C@]1(C(=O)c2ccccc2-c2ccccc2)C[C@@H](O)CN1)c1cccc2cccnc12. The summed E-state index contributed by atoms with van der Waals surface area (Å²) in [5.41, 5.74) is 2.25. The number of hydrogen-bond donors (Lipinski definition) is 3. The number of aliphatic hydroxyl groups is 1. The lowest BCUT2D eigenvalue weighted by atomic mass is 9.84. The van der Waals surface area contributed by atoms with Crippen molar-refractivity contribution in [3.05, 3.63) is 102 Å². The van der Waals surface area contributed by atoms with Crippen molar-refractivity contribution in [2.24, 2.45) is 0 Å². The number of aromatic nitrogens is 1. The van der Waals surface area contributed by atoms with Gasteiger partial charge in [0.15, 0.2) is 5.78 Å². The molecule has 0 aliphatic carbocycles. The lowest BCUT2D eigenvalue weighted by molar-refractivity contribution is 0.0828. The van der Waals surface area contributed by atoms with Crippen LogP contribution >= 0.6 is 0 Å². The molecule has 0 unspecified atom stereocenters. The van der Waals surface area contributed by atoms with E-state index in [2.05, 4.69) is 15.6 Å². The van der Waals surface area contributed by atoms with Crippen molar-refractivity contribution in [3.63, 3.8) is 0 Å². The second-order valence-electron chi connectivity index (χ2n) is 8.63. The molecule has 0 radical (unpaired) electrons. The Morgan fingerprint density at radius 2 is 1.68 bits per heavy atom. The van der Waals surface area contributed by atoms with Crippen molar-refractivity contribution < 1.29 is 14.7 Å². The number of carbonyl (C=O) groups excluding carboxylic acids is 2. The summed E-state index contributed by atoms with van der Waals surface area (Å²) in [6, 6.07) is 26.3. The zero-order chi connectivity index (χ0) is 23.5. The minimum atomic E-state index is -1.11. The minimum absolute atomic E-state index is 0.0497. The van der Waals surface area contributed by atoms with E-state index in [0.717, 1.165) is 16.5 Å². The first-order chi connectivity index (χ1) is 16.6. The summed E-state index contributed by atoms with van der Waals surface area (Å²) in [5, 5.41) is 17.3. The fourth-order valence-electron chi connectivity index (χ4n) is 4.67. The zero-order valence-corrected chi connectivity index (χ0v) is 18.6. The van der Waals surface area contributed by atoms with Gasteiger partial charge in [0.05, 0.1) is 17.2 Å². The molecular formula is C28H25N3O3. The molecule has 2 heterocycles. The molecule has 1 aliphatic rings. The van der Waals surface area contributed by atoms with Crippen molar-refractivity contribution >= 4 is 22.6 Å². The second kappa shape index (κ2) is 9.17. The molecule has 0 saturated carbocycles. The quantitative estimate of drug-likeness (QED) is 0.390. The standard InChI is InChI=1S/C28H25N3O3/c32-21-16-28(31-17-21,18-30-27(34)24-14-6-10-20-11-7-15-29-25(20)24)26(33)23-13-5-4-12-22(23)19-8-2-1-3-9-19/h1-15,21,31-32H,16-18H2,(H,30,34)/t21-,28+/m1/s1. The Morgan fingerprint density at radius 3 is 2.47 bits per heavy atom. The maximum Gasteiger partial charge on any atom is 0.253 e. The molecule has 3 N–H and O–H groups in total. The molecule has 0 spiro atoms. The summed E-state index contributed by atoms with van der Waals surface area (Å²) in [7, 11) is 0. The molecule has 0 bridgehead atoms. The number of Topliss-reactive ketones (excluding diaryl/α,β-unsaturated/α-hetero) is 1. The van der Waals surface area contributed by atoms with Gasteiger partial charge in [-0.3, -0.25) is 14.6 Å². The van der Waals surface area contributed by atoms with Crippen LogP contribution in [-0.4, -0.2) is 46.5 Å². The largest absolute Gasteiger partial charge is 0.392 e. The minimum Gasteiger partial charge on any atom is -0.392 e. The highest BCUT2D eigenvalue weighted by Crippen LogP contribution is 2.30. The summed E-state index contributed by atoms with van der Waals surface area (Å²) in [4.78, 5) is 31.4. The van der Waals surface area contributed by atoms with Crippen LogP contribution in [0.15, 0.2) is 91.1 Å². The van der Waals surface area contributed by atoms with Gasteiger partial charge < -0.3 is 15.7 Å². The van der Waals surface area contributed by atoms with Gasteiger partial charge in [-0.15, -0.1) is 0 Å². The summed E-state index contributed by atoms with van der Waals surface area (Å²) < 4.78 is 0. The van der Waals surface area contributed by atoms with E-state index in [1.807, 2.05) is 72.8 Å². The molecule has 34 heavy (non-hydrogen) atoms. The normalized spacial score (nSPS) is 19.7. The number of nitrogens with one attached hydrogen (secondary N) is 2. The van der Waals surface area contributed by atoms with Crippen molar-refractivity contribution in [1.29, 1.82) is 0 Å². The fraction of sp³-hybridized carbons (Fsp3) is 0.179. The molecule has 4 aromatic rings. The first-order valence-electron chi connectivity index (χ1n) is 11.3. The molecule has 6 heteroatoms. The molecule has 170 valence electrons. The van der Waals surface area contributed by atoms with Crippen LogP contribution in [0.1, 0.15) is 27.1 Å². The predicted octanol–water partition coefficient (Wildman–Crippen LogP) is 3.61. The van der Waals surface area contributed by atoms with Gasteiger partial charge in [-0.05, 0) is 23.3 Å². The Labute approximate surface area is 197 Å². The van der Waals surface area contributed by atoms with E-state index in [4.69, 9.17) is 0 Å². The fourth-order valence-corrected chi connectivity index (χ4v) is 4.67. The maximum absolute atomic E-state index is 13.9. The number of pyridine rings is 1. The van der Waals surface area contributed by atoms with E-state index in [9.17, 15) is 14.7 Å². The molecule has 5 rings (SSSR count). The van der Waals surface area contributed by atoms with E-state index >= 15 is 0 Å². The lowest BCUT2D eigenvalue weighted by Crippen LogP contribution is -2.55. The molecule has 1 saturated heterocycles. The van der Waals surface area contributed by atoms with Gasteiger partial charge in [-0.2, -0.15) is 0 Å². The van der Waals surface area contributed by atoms with E-state index in [0.29, 0.717) is 16.6 Å². The van der Waals surface area contributed by atoms with Crippen molar-refractivity contribution in [2.75, 3.05) is 13.1 Å².